The number of benzene rings is 1. The second-order valence-electron chi connectivity index (χ2n) is 4.96. The first kappa shape index (κ1) is 16.1. The highest BCUT2D eigenvalue weighted by Gasteiger charge is 2.06. The van der Waals surface area contributed by atoms with Crippen molar-refractivity contribution < 1.29 is 13.5 Å². The lowest BCUT2D eigenvalue weighted by Gasteiger charge is -2.15. The van der Waals surface area contributed by atoms with Crippen LogP contribution in [0.3, 0.4) is 0 Å². The third kappa shape index (κ3) is 6.12. The minimum Gasteiger partial charge on any atom is -0.374 e. The largest absolute Gasteiger partial charge is 0.374 e. The van der Waals surface area contributed by atoms with E-state index in [2.05, 4.69) is 50.4 Å². The molecular weight excluding hydrogens is 248 g/mol. The zero-order valence-electron chi connectivity index (χ0n) is 11.8. The lowest BCUT2D eigenvalue weighted by Crippen LogP contribution is -2.24. The molecule has 0 radical (unpaired) electrons. The van der Waals surface area contributed by atoms with E-state index in [0.29, 0.717) is 19.1 Å². The minimum absolute atomic E-state index is 0.191. The van der Waals surface area contributed by atoms with Crippen molar-refractivity contribution in [2.24, 2.45) is 0 Å². The Morgan fingerprint density at radius 3 is 2.16 bits per heavy atom. The van der Waals surface area contributed by atoms with E-state index >= 15 is 0 Å². The Bertz CT molecular complexity index is 352. The Morgan fingerprint density at radius 2 is 1.63 bits per heavy atom. The van der Waals surface area contributed by atoms with Crippen LogP contribution in [0.1, 0.15) is 43.9 Å². The molecule has 0 bridgehead atoms. The molecule has 0 aliphatic rings. The van der Waals surface area contributed by atoms with Gasteiger partial charge in [0, 0.05) is 12.6 Å². The van der Waals surface area contributed by atoms with Gasteiger partial charge in [0.25, 0.3) is 6.43 Å². The summed E-state index contributed by atoms with van der Waals surface area (Å²) in [5.41, 5.74) is 2.51. The van der Waals surface area contributed by atoms with E-state index in [1.54, 1.807) is 0 Å². The Labute approximate surface area is 114 Å². The predicted molar refractivity (Wildman–Crippen MR) is 73.8 cm³/mol. The fourth-order valence-electron chi connectivity index (χ4n) is 1.81. The molecule has 1 aromatic rings. The quantitative estimate of drug-likeness (QED) is 0.727. The highest BCUT2D eigenvalue weighted by molar-refractivity contribution is 5.26. The molecule has 1 aromatic carbocycles. The Morgan fingerprint density at radius 1 is 1.05 bits per heavy atom. The molecule has 0 aromatic heterocycles. The number of nitrogens with one attached hydrogen (secondary N) is 1. The molecule has 1 rings (SSSR count). The van der Waals surface area contributed by atoms with E-state index in [1.165, 1.54) is 11.1 Å². The Balaban J connectivity index is 2.31. The number of halogens is 2. The summed E-state index contributed by atoms with van der Waals surface area (Å²) in [5.74, 6) is 0.528. The SMILES string of the molecule is CC(C)c1ccc(C(C)NCCOCC(F)F)cc1. The lowest BCUT2D eigenvalue weighted by molar-refractivity contribution is 0.0183. The van der Waals surface area contributed by atoms with Gasteiger partial charge in [0.2, 0.25) is 0 Å². The topological polar surface area (TPSA) is 21.3 Å². The standard InChI is InChI=1S/C15H23F2NO/c1-11(2)13-4-6-14(7-5-13)12(3)18-8-9-19-10-15(16)17/h4-7,11-12,15,18H,8-10H2,1-3H3. The van der Waals surface area contributed by atoms with Gasteiger partial charge in [-0.3, -0.25) is 0 Å². The first-order valence-electron chi connectivity index (χ1n) is 6.70. The van der Waals surface area contributed by atoms with E-state index in [1.807, 2.05) is 0 Å². The van der Waals surface area contributed by atoms with Gasteiger partial charge in [-0.2, -0.15) is 0 Å². The number of alkyl halides is 2. The molecule has 4 heteroatoms. The average Bonchev–Trinajstić information content (AvgIpc) is 2.37. The van der Waals surface area contributed by atoms with Crippen LogP contribution in [0, 0.1) is 0 Å². The molecule has 0 spiro atoms. The lowest BCUT2D eigenvalue weighted by atomic mass is 10.00. The molecule has 2 nitrogen and oxygen atoms in total. The second kappa shape index (κ2) is 8.23. The highest BCUT2D eigenvalue weighted by Crippen LogP contribution is 2.18. The van der Waals surface area contributed by atoms with Gasteiger partial charge in [-0.05, 0) is 24.0 Å². The first-order valence-corrected chi connectivity index (χ1v) is 6.70. The summed E-state index contributed by atoms with van der Waals surface area (Å²) in [6.45, 7) is 6.77. The van der Waals surface area contributed by atoms with Gasteiger partial charge in [0.05, 0.1) is 6.61 Å². The number of hydrogen-bond donors (Lipinski definition) is 1. The Kier molecular flexibility index (Phi) is 6.95. The van der Waals surface area contributed by atoms with Crippen molar-refractivity contribution in [1.82, 2.24) is 5.32 Å². The molecule has 0 aliphatic heterocycles. The summed E-state index contributed by atoms with van der Waals surface area (Å²) in [5, 5.41) is 3.25. The van der Waals surface area contributed by atoms with Crippen molar-refractivity contribution in [3.8, 4) is 0 Å². The van der Waals surface area contributed by atoms with Crippen LogP contribution in [0.5, 0.6) is 0 Å². The summed E-state index contributed by atoms with van der Waals surface area (Å²) in [6, 6.07) is 8.66. The maximum Gasteiger partial charge on any atom is 0.261 e. The van der Waals surface area contributed by atoms with Gasteiger partial charge in [-0.15, -0.1) is 0 Å². The van der Waals surface area contributed by atoms with Crippen LogP contribution in [0.2, 0.25) is 0 Å². The fourth-order valence-corrected chi connectivity index (χ4v) is 1.81. The van der Waals surface area contributed by atoms with E-state index in [4.69, 9.17) is 4.74 Å². The van der Waals surface area contributed by atoms with Gasteiger partial charge in [-0.1, -0.05) is 38.1 Å². The molecule has 1 N–H and O–H groups in total. The number of ether oxygens (including phenoxy) is 1. The van der Waals surface area contributed by atoms with Crippen molar-refractivity contribution in [1.29, 1.82) is 0 Å². The van der Waals surface area contributed by atoms with Crippen molar-refractivity contribution in [3.63, 3.8) is 0 Å². The van der Waals surface area contributed by atoms with Gasteiger partial charge >= 0.3 is 0 Å². The van der Waals surface area contributed by atoms with Crippen LogP contribution >= 0.6 is 0 Å². The molecule has 19 heavy (non-hydrogen) atoms. The van der Waals surface area contributed by atoms with E-state index < -0.39 is 13.0 Å². The van der Waals surface area contributed by atoms with Crippen LogP contribution in [0.15, 0.2) is 24.3 Å². The predicted octanol–water partition coefficient (Wildman–Crippen LogP) is 3.74. The molecule has 0 saturated heterocycles. The van der Waals surface area contributed by atoms with Crippen LogP contribution in [-0.2, 0) is 4.74 Å². The normalized spacial score (nSPS) is 13.2. The molecule has 0 amide bonds. The first-order chi connectivity index (χ1) is 9.00. The zero-order chi connectivity index (χ0) is 14.3. The maximum absolute atomic E-state index is 11.8. The van der Waals surface area contributed by atoms with Gasteiger partial charge in [0.1, 0.15) is 6.61 Å². The fraction of sp³-hybridized carbons (Fsp3) is 0.600. The molecule has 0 aliphatic carbocycles. The maximum atomic E-state index is 11.8. The molecule has 1 atom stereocenters. The minimum atomic E-state index is -2.39. The molecule has 0 saturated carbocycles. The van der Waals surface area contributed by atoms with Gasteiger partial charge in [0.15, 0.2) is 0 Å². The summed E-state index contributed by atoms with van der Waals surface area (Å²) < 4.78 is 28.5. The van der Waals surface area contributed by atoms with Crippen LogP contribution in [-0.4, -0.2) is 26.2 Å². The number of rotatable bonds is 8. The summed E-state index contributed by atoms with van der Waals surface area (Å²) >= 11 is 0. The Hall–Kier alpha value is -1.00. The zero-order valence-corrected chi connectivity index (χ0v) is 11.8. The van der Waals surface area contributed by atoms with Crippen molar-refractivity contribution >= 4 is 0 Å². The molecule has 1 unspecified atom stereocenters. The van der Waals surface area contributed by atoms with Gasteiger partial charge < -0.3 is 10.1 Å². The summed E-state index contributed by atoms with van der Waals surface area (Å²) in [7, 11) is 0. The third-order valence-corrected chi connectivity index (χ3v) is 3.04. The summed E-state index contributed by atoms with van der Waals surface area (Å²) in [6.07, 6.45) is -2.39. The van der Waals surface area contributed by atoms with Crippen molar-refractivity contribution in [3.05, 3.63) is 35.4 Å². The van der Waals surface area contributed by atoms with Gasteiger partial charge in [-0.25, -0.2) is 8.78 Å². The number of hydrogen-bond acceptors (Lipinski definition) is 2. The van der Waals surface area contributed by atoms with E-state index in [0.717, 1.165) is 0 Å². The van der Waals surface area contributed by atoms with Crippen molar-refractivity contribution in [2.45, 2.75) is 39.2 Å². The molecule has 0 fully saturated rings. The van der Waals surface area contributed by atoms with Crippen LogP contribution < -0.4 is 5.32 Å². The summed E-state index contributed by atoms with van der Waals surface area (Å²) in [4.78, 5) is 0. The second-order valence-corrected chi connectivity index (χ2v) is 4.96. The van der Waals surface area contributed by atoms with Crippen LogP contribution in [0.4, 0.5) is 8.78 Å². The van der Waals surface area contributed by atoms with Crippen molar-refractivity contribution in [2.75, 3.05) is 19.8 Å². The van der Waals surface area contributed by atoms with Crippen LogP contribution in [0.25, 0.3) is 0 Å². The highest BCUT2D eigenvalue weighted by atomic mass is 19.3. The smallest absolute Gasteiger partial charge is 0.261 e. The monoisotopic (exact) mass is 271 g/mol. The third-order valence-electron chi connectivity index (χ3n) is 3.04. The van der Waals surface area contributed by atoms with E-state index in [9.17, 15) is 8.78 Å². The molecule has 108 valence electrons. The average molecular weight is 271 g/mol. The molecular formula is C15H23F2NO. The van der Waals surface area contributed by atoms with E-state index in [-0.39, 0.29) is 6.04 Å². The molecule has 0 heterocycles.